The molecule has 8 heteroatoms. The second kappa shape index (κ2) is 7.14. The van der Waals surface area contributed by atoms with Crippen molar-refractivity contribution in [2.45, 2.75) is 37.0 Å². The molecule has 0 unspecified atom stereocenters. The number of nitrogens with zero attached hydrogens (tertiary/aromatic N) is 1. The SMILES string of the molecule is OC[C@H]1[C@@H](O)[C@H](O)[C@@H](O)CN1CCc1cccc(C(F)(F)F)c1. The zero-order valence-electron chi connectivity index (χ0n) is 12.3. The molecule has 0 aromatic heterocycles. The van der Waals surface area contributed by atoms with Gasteiger partial charge in [-0.1, -0.05) is 18.2 Å². The maximum absolute atomic E-state index is 12.7. The van der Waals surface area contributed by atoms with Gasteiger partial charge in [-0.2, -0.15) is 13.2 Å². The van der Waals surface area contributed by atoms with Crippen molar-refractivity contribution in [3.8, 4) is 0 Å². The molecule has 2 rings (SSSR count). The lowest BCUT2D eigenvalue weighted by atomic mass is 9.93. The molecule has 0 saturated carbocycles. The summed E-state index contributed by atoms with van der Waals surface area (Å²) < 4.78 is 38.1. The van der Waals surface area contributed by atoms with Crippen molar-refractivity contribution in [3.63, 3.8) is 0 Å². The minimum atomic E-state index is -4.41. The minimum Gasteiger partial charge on any atom is -0.395 e. The van der Waals surface area contributed by atoms with Gasteiger partial charge in [0.05, 0.1) is 24.3 Å². The monoisotopic (exact) mass is 335 g/mol. The number of rotatable bonds is 4. The van der Waals surface area contributed by atoms with E-state index in [-0.39, 0.29) is 19.5 Å². The number of β-amino-alcohol motifs (C(OH)–C–C–N with tert-alkyl or cyclic N) is 1. The van der Waals surface area contributed by atoms with Gasteiger partial charge in [0.2, 0.25) is 0 Å². The first-order valence-electron chi connectivity index (χ1n) is 7.29. The number of benzene rings is 1. The molecule has 0 amide bonds. The first-order valence-corrected chi connectivity index (χ1v) is 7.29. The molecule has 5 nitrogen and oxygen atoms in total. The normalized spacial score (nSPS) is 29.7. The average molecular weight is 335 g/mol. The molecule has 1 aliphatic rings. The molecule has 130 valence electrons. The number of hydrogen-bond acceptors (Lipinski definition) is 5. The highest BCUT2D eigenvalue weighted by Crippen LogP contribution is 2.29. The molecule has 0 spiro atoms. The summed E-state index contributed by atoms with van der Waals surface area (Å²) in [4.78, 5) is 1.57. The van der Waals surface area contributed by atoms with Gasteiger partial charge < -0.3 is 20.4 Å². The maximum Gasteiger partial charge on any atom is 0.416 e. The van der Waals surface area contributed by atoms with Crippen LogP contribution in [0.25, 0.3) is 0 Å². The molecule has 1 fully saturated rings. The fourth-order valence-electron chi connectivity index (χ4n) is 2.81. The van der Waals surface area contributed by atoms with Crippen molar-refractivity contribution in [2.24, 2.45) is 0 Å². The maximum atomic E-state index is 12.7. The van der Waals surface area contributed by atoms with Gasteiger partial charge in [-0.05, 0) is 18.1 Å². The molecule has 0 bridgehead atoms. The van der Waals surface area contributed by atoms with Crippen LogP contribution in [0.3, 0.4) is 0 Å². The number of aliphatic hydroxyl groups is 4. The van der Waals surface area contributed by atoms with Gasteiger partial charge in [0.1, 0.15) is 12.2 Å². The van der Waals surface area contributed by atoms with Crippen molar-refractivity contribution < 1.29 is 33.6 Å². The van der Waals surface area contributed by atoms with E-state index < -0.39 is 42.7 Å². The van der Waals surface area contributed by atoms with E-state index in [2.05, 4.69) is 0 Å². The lowest BCUT2D eigenvalue weighted by Crippen LogP contribution is -2.62. The fraction of sp³-hybridized carbons (Fsp3) is 0.600. The summed E-state index contributed by atoms with van der Waals surface area (Å²) in [6.45, 7) is -0.149. The average Bonchev–Trinajstić information content (AvgIpc) is 2.50. The van der Waals surface area contributed by atoms with E-state index in [0.717, 1.165) is 12.1 Å². The van der Waals surface area contributed by atoms with E-state index in [9.17, 15) is 33.6 Å². The van der Waals surface area contributed by atoms with Crippen LogP contribution in [0.15, 0.2) is 24.3 Å². The Labute approximate surface area is 131 Å². The number of hydrogen-bond donors (Lipinski definition) is 4. The Kier molecular flexibility index (Phi) is 5.64. The number of aliphatic hydroxyl groups excluding tert-OH is 4. The number of piperidine rings is 1. The fourth-order valence-corrected chi connectivity index (χ4v) is 2.81. The minimum absolute atomic E-state index is 0.0302. The predicted octanol–water partition coefficient (Wildman–Crippen LogP) is 0.00710. The predicted molar refractivity (Wildman–Crippen MR) is 75.6 cm³/mol. The van der Waals surface area contributed by atoms with E-state index in [1.807, 2.05) is 0 Å². The van der Waals surface area contributed by atoms with Gasteiger partial charge >= 0.3 is 6.18 Å². The first-order chi connectivity index (χ1) is 10.7. The standard InChI is InChI=1S/C15H20F3NO4/c16-15(17,18)10-3-1-2-9(6-10)4-5-19-7-12(21)14(23)13(22)11(19)8-20/h1-3,6,11-14,20-23H,4-5,7-8H2/t11-,12-,13+,14+/m0/s1. The Morgan fingerprint density at radius 3 is 2.43 bits per heavy atom. The first kappa shape index (κ1) is 18.2. The Bertz CT molecular complexity index is 526. The third-order valence-electron chi connectivity index (χ3n) is 4.16. The van der Waals surface area contributed by atoms with E-state index in [1.165, 1.54) is 6.07 Å². The Morgan fingerprint density at radius 2 is 1.83 bits per heavy atom. The zero-order valence-corrected chi connectivity index (χ0v) is 12.3. The van der Waals surface area contributed by atoms with Gasteiger partial charge in [0, 0.05) is 13.1 Å². The van der Waals surface area contributed by atoms with Gasteiger partial charge in [-0.25, -0.2) is 0 Å². The highest BCUT2D eigenvalue weighted by molar-refractivity contribution is 5.25. The topological polar surface area (TPSA) is 84.2 Å². The number of likely N-dealkylation sites (tertiary alicyclic amines) is 1. The number of alkyl halides is 3. The molecule has 1 heterocycles. The molecular weight excluding hydrogens is 315 g/mol. The van der Waals surface area contributed by atoms with Crippen LogP contribution in [0.2, 0.25) is 0 Å². The summed E-state index contributed by atoms with van der Waals surface area (Å²) in [6.07, 6.45) is -7.99. The molecule has 1 saturated heterocycles. The van der Waals surface area contributed by atoms with Crippen molar-refractivity contribution in [2.75, 3.05) is 19.7 Å². The van der Waals surface area contributed by atoms with Crippen molar-refractivity contribution in [3.05, 3.63) is 35.4 Å². The van der Waals surface area contributed by atoms with Crippen LogP contribution in [0.1, 0.15) is 11.1 Å². The Hall–Kier alpha value is -1.19. The van der Waals surface area contributed by atoms with Gasteiger partial charge in [0.25, 0.3) is 0 Å². The van der Waals surface area contributed by atoms with Gasteiger partial charge in [-0.15, -0.1) is 0 Å². The third-order valence-corrected chi connectivity index (χ3v) is 4.16. The van der Waals surface area contributed by atoms with Gasteiger partial charge in [-0.3, -0.25) is 4.90 Å². The summed E-state index contributed by atoms with van der Waals surface area (Å²) in [7, 11) is 0. The summed E-state index contributed by atoms with van der Waals surface area (Å²) in [5, 5.41) is 38.5. The quantitative estimate of drug-likeness (QED) is 0.623. The van der Waals surface area contributed by atoms with Crippen LogP contribution in [0, 0.1) is 0 Å². The van der Waals surface area contributed by atoms with E-state index >= 15 is 0 Å². The Morgan fingerprint density at radius 1 is 1.13 bits per heavy atom. The second-order valence-corrected chi connectivity index (χ2v) is 5.74. The zero-order chi connectivity index (χ0) is 17.2. The molecule has 1 aromatic rings. The summed E-state index contributed by atoms with van der Waals surface area (Å²) in [5.41, 5.74) is -0.269. The molecule has 1 aliphatic heterocycles. The molecule has 1 aromatic carbocycles. The lowest BCUT2D eigenvalue weighted by Gasteiger charge is -2.43. The van der Waals surface area contributed by atoms with Crippen molar-refractivity contribution in [1.29, 1.82) is 0 Å². The van der Waals surface area contributed by atoms with Crippen LogP contribution in [0.5, 0.6) is 0 Å². The Balaban J connectivity index is 2.05. The molecular formula is C15H20F3NO4. The van der Waals surface area contributed by atoms with Crippen LogP contribution in [-0.4, -0.2) is 69.4 Å². The lowest BCUT2D eigenvalue weighted by molar-refractivity contribution is -0.144. The highest BCUT2D eigenvalue weighted by atomic mass is 19.4. The van der Waals surface area contributed by atoms with Crippen molar-refractivity contribution in [1.82, 2.24) is 4.90 Å². The van der Waals surface area contributed by atoms with Crippen LogP contribution in [-0.2, 0) is 12.6 Å². The van der Waals surface area contributed by atoms with Gasteiger partial charge in [0.15, 0.2) is 0 Å². The summed E-state index contributed by atoms with van der Waals surface area (Å²) in [6, 6.07) is 4.17. The molecule has 4 N–H and O–H groups in total. The third kappa shape index (κ3) is 4.21. The van der Waals surface area contributed by atoms with E-state index in [4.69, 9.17) is 0 Å². The van der Waals surface area contributed by atoms with Crippen LogP contribution in [0.4, 0.5) is 13.2 Å². The van der Waals surface area contributed by atoms with Crippen molar-refractivity contribution >= 4 is 0 Å². The molecule has 4 atom stereocenters. The van der Waals surface area contributed by atoms with E-state index in [0.29, 0.717) is 5.56 Å². The largest absolute Gasteiger partial charge is 0.416 e. The smallest absolute Gasteiger partial charge is 0.395 e. The molecule has 0 radical (unpaired) electrons. The summed E-state index contributed by atoms with van der Waals surface area (Å²) >= 11 is 0. The highest BCUT2D eigenvalue weighted by Gasteiger charge is 2.40. The van der Waals surface area contributed by atoms with Crippen LogP contribution >= 0.6 is 0 Å². The summed E-state index contributed by atoms with van der Waals surface area (Å²) in [5.74, 6) is 0. The van der Waals surface area contributed by atoms with E-state index in [1.54, 1.807) is 11.0 Å². The van der Waals surface area contributed by atoms with Crippen LogP contribution < -0.4 is 0 Å². The molecule has 23 heavy (non-hydrogen) atoms. The molecule has 0 aliphatic carbocycles. The number of halogens is 3. The second-order valence-electron chi connectivity index (χ2n) is 5.74.